The lowest BCUT2D eigenvalue weighted by Crippen LogP contribution is -2.03. The fourth-order valence-corrected chi connectivity index (χ4v) is 3.32. The van der Waals surface area contributed by atoms with Crippen LogP contribution in [0.5, 0.6) is 11.5 Å². The van der Waals surface area contributed by atoms with Gasteiger partial charge in [0, 0.05) is 18.2 Å². The normalized spacial score (nSPS) is 10.6. The minimum absolute atomic E-state index is 0.382. The van der Waals surface area contributed by atoms with Crippen molar-refractivity contribution in [3.8, 4) is 34.4 Å². The van der Waals surface area contributed by atoms with E-state index in [1.807, 2.05) is 60.7 Å². The number of nitrogens with zero attached hydrogens (tertiary/aromatic N) is 2. The molecule has 30 heavy (non-hydrogen) atoms. The highest BCUT2D eigenvalue weighted by Gasteiger charge is 2.15. The van der Waals surface area contributed by atoms with E-state index in [2.05, 4.69) is 15.5 Å². The third kappa shape index (κ3) is 4.09. The number of benzene rings is 3. The fraction of sp³-hybridized carbons (Fsp3) is 0.130. The summed E-state index contributed by atoms with van der Waals surface area (Å²) in [7, 11) is 3.27. The van der Waals surface area contributed by atoms with Gasteiger partial charge in [-0.15, -0.1) is 10.2 Å². The minimum atomic E-state index is 0.382. The molecule has 0 aliphatic rings. The van der Waals surface area contributed by atoms with Crippen molar-refractivity contribution >= 4 is 17.3 Å². The number of anilines is 1. The van der Waals surface area contributed by atoms with Gasteiger partial charge >= 0.3 is 0 Å². The molecule has 0 saturated carbocycles. The molecule has 7 heteroatoms. The molecule has 0 amide bonds. The molecule has 3 aromatic carbocycles. The monoisotopic (exact) mass is 421 g/mol. The number of hydrogen-bond donors (Lipinski definition) is 1. The molecule has 0 unspecified atom stereocenters. The van der Waals surface area contributed by atoms with Crippen molar-refractivity contribution in [1.82, 2.24) is 10.2 Å². The molecule has 0 atom stereocenters. The van der Waals surface area contributed by atoms with E-state index in [0.29, 0.717) is 28.9 Å². The molecule has 0 saturated heterocycles. The summed E-state index contributed by atoms with van der Waals surface area (Å²) in [6.07, 6.45) is 0. The molecule has 1 heterocycles. The summed E-state index contributed by atoms with van der Waals surface area (Å²) in [6, 6.07) is 20.8. The molecule has 4 rings (SSSR count). The molecular formula is C23H20ClN3O3. The third-order valence-corrected chi connectivity index (χ3v) is 4.98. The van der Waals surface area contributed by atoms with Gasteiger partial charge in [-0.25, -0.2) is 0 Å². The second-order valence-corrected chi connectivity index (χ2v) is 6.88. The Morgan fingerprint density at radius 1 is 0.867 bits per heavy atom. The van der Waals surface area contributed by atoms with E-state index in [0.717, 1.165) is 28.3 Å². The van der Waals surface area contributed by atoms with Gasteiger partial charge in [-0.1, -0.05) is 41.9 Å². The Morgan fingerprint density at radius 2 is 1.57 bits per heavy atom. The molecule has 6 nitrogen and oxygen atoms in total. The van der Waals surface area contributed by atoms with Gasteiger partial charge in [-0.2, -0.15) is 0 Å². The van der Waals surface area contributed by atoms with Gasteiger partial charge < -0.3 is 19.2 Å². The van der Waals surface area contributed by atoms with Crippen LogP contribution in [0.4, 0.5) is 5.69 Å². The highest BCUT2D eigenvalue weighted by Crippen LogP contribution is 2.32. The Bertz CT molecular complexity index is 1160. The lowest BCUT2D eigenvalue weighted by Gasteiger charge is -2.14. The maximum absolute atomic E-state index is 6.26. The predicted octanol–water partition coefficient (Wildman–Crippen LogP) is 5.69. The van der Waals surface area contributed by atoms with Crippen LogP contribution < -0.4 is 14.8 Å². The minimum Gasteiger partial charge on any atom is -0.497 e. The second-order valence-electron chi connectivity index (χ2n) is 6.47. The Balaban J connectivity index is 1.61. The number of ether oxygens (including phenoxy) is 2. The summed E-state index contributed by atoms with van der Waals surface area (Å²) >= 11 is 6.26. The molecule has 1 N–H and O–H groups in total. The van der Waals surface area contributed by atoms with Crippen molar-refractivity contribution in [2.24, 2.45) is 0 Å². The van der Waals surface area contributed by atoms with Gasteiger partial charge in [0.25, 0.3) is 0 Å². The fourth-order valence-electron chi connectivity index (χ4n) is 3.10. The van der Waals surface area contributed by atoms with Crippen molar-refractivity contribution in [3.63, 3.8) is 0 Å². The van der Waals surface area contributed by atoms with Crippen molar-refractivity contribution < 1.29 is 13.9 Å². The number of halogens is 1. The van der Waals surface area contributed by atoms with E-state index in [1.165, 1.54) is 0 Å². The number of aromatic nitrogens is 2. The lowest BCUT2D eigenvalue weighted by atomic mass is 10.1. The summed E-state index contributed by atoms with van der Waals surface area (Å²) in [5, 5.41) is 12.4. The van der Waals surface area contributed by atoms with Crippen LogP contribution in [0.25, 0.3) is 22.9 Å². The molecular weight excluding hydrogens is 402 g/mol. The quantitative estimate of drug-likeness (QED) is 0.413. The van der Waals surface area contributed by atoms with Gasteiger partial charge in [0.2, 0.25) is 11.8 Å². The van der Waals surface area contributed by atoms with Crippen molar-refractivity contribution in [3.05, 3.63) is 77.3 Å². The molecule has 152 valence electrons. The van der Waals surface area contributed by atoms with Crippen LogP contribution in [0.3, 0.4) is 0 Å². The topological polar surface area (TPSA) is 69.4 Å². The van der Waals surface area contributed by atoms with Crippen molar-refractivity contribution in [1.29, 1.82) is 0 Å². The average molecular weight is 422 g/mol. The van der Waals surface area contributed by atoms with Gasteiger partial charge in [-0.3, -0.25) is 0 Å². The maximum Gasteiger partial charge on any atom is 0.249 e. The van der Waals surface area contributed by atoms with Crippen LogP contribution >= 0.6 is 11.6 Å². The van der Waals surface area contributed by atoms with Crippen LogP contribution in [0.1, 0.15) is 5.56 Å². The van der Waals surface area contributed by atoms with Gasteiger partial charge in [0.1, 0.15) is 11.5 Å². The average Bonchev–Trinajstić information content (AvgIpc) is 3.27. The second kappa shape index (κ2) is 8.88. The maximum atomic E-state index is 6.26. The summed E-state index contributed by atoms with van der Waals surface area (Å²) in [5.41, 5.74) is 3.37. The Morgan fingerprint density at radius 3 is 2.30 bits per heavy atom. The molecule has 4 aromatic rings. The van der Waals surface area contributed by atoms with Crippen LogP contribution in [-0.4, -0.2) is 24.4 Å². The number of nitrogens with one attached hydrogen (secondary N) is 1. The van der Waals surface area contributed by atoms with Gasteiger partial charge in [-0.05, 0) is 35.9 Å². The third-order valence-electron chi connectivity index (χ3n) is 4.65. The molecule has 0 aliphatic heterocycles. The molecule has 0 fully saturated rings. The zero-order valence-electron chi connectivity index (χ0n) is 16.6. The van der Waals surface area contributed by atoms with E-state index >= 15 is 0 Å². The Labute approximate surface area is 179 Å². The SMILES string of the molecule is COc1ccc(OC)c(NCc2ccccc2-c2nnc(-c3ccccc3Cl)o2)c1. The lowest BCUT2D eigenvalue weighted by molar-refractivity contribution is 0.404. The van der Waals surface area contributed by atoms with Crippen molar-refractivity contribution in [2.45, 2.75) is 6.54 Å². The first kappa shape index (κ1) is 19.8. The van der Waals surface area contributed by atoms with Crippen molar-refractivity contribution in [2.75, 3.05) is 19.5 Å². The van der Waals surface area contributed by atoms with E-state index in [-0.39, 0.29) is 0 Å². The van der Waals surface area contributed by atoms with E-state index in [4.69, 9.17) is 25.5 Å². The summed E-state index contributed by atoms with van der Waals surface area (Å²) in [4.78, 5) is 0. The molecule has 0 radical (unpaired) electrons. The van der Waals surface area contributed by atoms with Crippen LogP contribution in [-0.2, 0) is 6.54 Å². The van der Waals surface area contributed by atoms with E-state index in [9.17, 15) is 0 Å². The number of methoxy groups -OCH3 is 2. The Kier molecular flexibility index (Phi) is 5.86. The number of rotatable bonds is 7. The van der Waals surface area contributed by atoms with Gasteiger partial charge in [0.15, 0.2) is 0 Å². The standard InChI is InChI=1S/C23H20ClN3O3/c1-28-16-11-12-21(29-2)20(13-16)25-14-15-7-3-4-8-17(15)22-26-27-23(30-22)18-9-5-6-10-19(18)24/h3-13,25H,14H2,1-2H3. The molecule has 0 spiro atoms. The van der Waals surface area contributed by atoms with E-state index < -0.39 is 0 Å². The summed E-state index contributed by atoms with van der Waals surface area (Å²) < 4.78 is 16.7. The smallest absolute Gasteiger partial charge is 0.249 e. The first-order chi connectivity index (χ1) is 14.7. The zero-order valence-corrected chi connectivity index (χ0v) is 17.3. The summed E-state index contributed by atoms with van der Waals surface area (Å²) in [6.45, 7) is 0.531. The Hall–Kier alpha value is -3.51. The van der Waals surface area contributed by atoms with Crippen LogP contribution in [0.15, 0.2) is 71.1 Å². The molecule has 0 aliphatic carbocycles. The largest absolute Gasteiger partial charge is 0.497 e. The number of hydrogen-bond acceptors (Lipinski definition) is 6. The summed E-state index contributed by atoms with van der Waals surface area (Å²) in [5.74, 6) is 2.28. The van der Waals surface area contributed by atoms with Gasteiger partial charge in [0.05, 0.1) is 30.5 Å². The predicted molar refractivity (Wildman–Crippen MR) is 117 cm³/mol. The van der Waals surface area contributed by atoms with Crippen LogP contribution in [0, 0.1) is 0 Å². The first-order valence-electron chi connectivity index (χ1n) is 9.32. The van der Waals surface area contributed by atoms with E-state index in [1.54, 1.807) is 20.3 Å². The highest BCUT2D eigenvalue weighted by molar-refractivity contribution is 6.33. The zero-order chi connectivity index (χ0) is 20.9. The first-order valence-corrected chi connectivity index (χ1v) is 9.70. The highest BCUT2D eigenvalue weighted by atomic mass is 35.5. The molecule has 1 aromatic heterocycles. The van der Waals surface area contributed by atoms with Crippen LogP contribution in [0.2, 0.25) is 5.02 Å². The molecule has 0 bridgehead atoms.